The number of fused-ring (bicyclic) bond motifs is 1. The van der Waals surface area contributed by atoms with Gasteiger partial charge in [0.05, 0.1) is 36.2 Å². The fourth-order valence-corrected chi connectivity index (χ4v) is 8.59. The van der Waals surface area contributed by atoms with Gasteiger partial charge in [-0.05, 0) is 76.1 Å². The van der Waals surface area contributed by atoms with Gasteiger partial charge in [0.1, 0.15) is 11.6 Å². The average molecular weight is 624 g/mol. The Bertz CT molecular complexity index is 1590. The van der Waals surface area contributed by atoms with Crippen LogP contribution in [-0.4, -0.2) is 83.6 Å². The minimum Gasteiger partial charge on any atom is -0.493 e. The second kappa shape index (κ2) is 13.1. The number of benzene rings is 1. The van der Waals surface area contributed by atoms with Crippen LogP contribution in [0.1, 0.15) is 51.9 Å². The highest BCUT2D eigenvalue weighted by atomic mass is 32.2. The van der Waals surface area contributed by atoms with Crippen molar-refractivity contribution in [3.8, 4) is 11.6 Å². The van der Waals surface area contributed by atoms with Crippen LogP contribution in [0.25, 0.3) is 16.7 Å². The van der Waals surface area contributed by atoms with Crippen LogP contribution in [-0.2, 0) is 24.2 Å². The SMILES string of the molecule is CCOC(=O)C1CCN(C(=O)C2CCC(Nc3nccc(-n4ccc5c(OCC6CCS(=O)(=O)C6)cccc54)n3)CC2)CC1. The van der Waals surface area contributed by atoms with E-state index in [1.807, 2.05) is 52.9 Å². The molecule has 0 spiro atoms. The Morgan fingerprint density at radius 1 is 1.00 bits per heavy atom. The third-order valence-corrected chi connectivity index (χ3v) is 11.1. The minimum atomic E-state index is -2.94. The molecule has 1 saturated carbocycles. The molecule has 0 radical (unpaired) electrons. The molecule has 1 unspecified atom stereocenters. The molecule has 1 N–H and O–H groups in total. The first kappa shape index (κ1) is 30.4. The van der Waals surface area contributed by atoms with Gasteiger partial charge in [0, 0.05) is 48.7 Å². The highest BCUT2D eigenvalue weighted by Crippen LogP contribution is 2.31. The van der Waals surface area contributed by atoms with Crippen molar-refractivity contribution in [1.29, 1.82) is 0 Å². The van der Waals surface area contributed by atoms with Gasteiger partial charge < -0.3 is 24.3 Å². The summed E-state index contributed by atoms with van der Waals surface area (Å²) in [4.78, 5) is 36.4. The number of nitrogens with one attached hydrogen (secondary N) is 1. The molecule has 0 bridgehead atoms. The topological polar surface area (TPSA) is 133 Å². The number of carbonyl (C=O) groups excluding carboxylic acids is 2. The Kier molecular flexibility index (Phi) is 9.06. The van der Waals surface area contributed by atoms with E-state index in [2.05, 4.69) is 10.3 Å². The Balaban J connectivity index is 1.03. The van der Waals surface area contributed by atoms with Crippen LogP contribution in [0.5, 0.6) is 5.75 Å². The maximum atomic E-state index is 13.2. The number of rotatable bonds is 9. The number of amides is 1. The first-order valence-electron chi connectivity index (χ1n) is 15.8. The standard InChI is InChI=1S/C32H41N5O6S/c1-2-42-31(39)24-11-16-36(17-12-24)30(38)23-6-8-25(9-7-23)34-32-33-15-10-29(35-32)37-18-13-26-27(37)4-3-5-28(26)43-20-22-14-19-44(40,41)21-22/h3-5,10,13,15,18,22-25H,2,6-9,11-12,14,16-17,19-21H2,1H3,(H,33,34,35). The highest BCUT2D eigenvalue weighted by molar-refractivity contribution is 7.91. The van der Waals surface area contributed by atoms with Gasteiger partial charge in [0.15, 0.2) is 9.84 Å². The molecule has 1 aromatic carbocycles. The lowest BCUT2D eigenvalue weighted by Crippen LogP contribution is -2.44. The van der Waals surface area contributed by atoms with Gasteiger partial charge in [-0.3, -0.25) is 9.59 Å². The summed E-state index contributed by atoms with van der Waals surface area (Å²) in [5.41, 5.74) is 0.941. The zero-order valence-electron chi connectivity index (χ0n) is 25.2. The molecule has 11 nitrogen and oxygen atoms in total. The summed E-state index contributed by atoms with van der Waals surface area (Å²) in [6.45, 7) is 3.83. The zero-order chi connectivity index (χ0) is 30.7. The van der Waals surface area contributed by atoms with E-state index in [9.17, 15) is 18.0 Å². The smallest absolute Gasteiger partial charge is 0.309 e. The molecule has 1 aliphatic carbocycles. The van der Waals surface area contributed by atoms with Crippen molar-refractivity contribution >= 4 is 38.6 Å². The molecule has 3 fully saturated rings. The van der Waals surface area contributed by atoms with Crippen LogP contribution in [0.15, 0.2) is 42.7 Å². The van der Waals surface area contributed by atoms with Crippen molar-refractivity contribution in [1.82, 2.24) is 19.4 Å². The number of esters is 1. The lowest BCUT2D eigenvalue weighted by Gasteiger charge is -2.35. The third-order valence-electron chi connectivity index (χ3n) is 9.22. The summed E-state index contributed by atoms with van der Waals surface area (Å²) >= 11 is 0. The summed E-state index contributed by atoms with van der Waals surface area (Å²) in [5.74, 6) is 2.45. The van der Waals surface area contributed by atoms with Crippen LogP contribution in [0.4, 0.5) is 5.95 Å². The average Bonchev–Trinajstić information content (AvgIpc) is 3.63. The number of anilines is 1. The molecule has 2 aliphatic heterocycles. The van der Waals surface area contributed by atoms with E-state index in [4.69, 9.17) is 14.5 Å². The lowest BCUT2D eigenvalue weighted by atomic mass is 9.84. The van der Waals surface area contributed by atoms with Crippen molar-refractivity contribution in [3.63, 3.8) is 0 Å². The molecular formula is C32H41N5O6S. The molecule has 6 rings (SSSR count). The first-order valence-corrected chi connectivity index (χ1v) is 17.6. The predicted molar refractivity (Wildman–Crippen MR) is 166 cm³/mol. The third kappa shape index (κ3) is 6.85. The van der Waals surface area contributed by atoms with E-state index in [1.165, 1.54) is 0 Å². The Labute approximate surface area is 258 Å². The largest absolute Gasteiger partial charge is 0.493 e. The van der Waals surface area contributed by atoms with E-state index in [0.29, 0.717) is 51.5 Å². The van der Waals surface area contributed by atoms with E-state index in [-0.39, 0.29) is 47.2 Å². The van der Waals surface area contributed by atoms with Crippen LogP contribution < -0.4 is 10.1 Å². The summed E-state index contributed by atoms with van der Waals surface area (Å²) in [6, 6.07) is 9.89. The Morgan fingerprint density at radius 2 is 1.80 bits per heavy atom. The molecule has 1 atom stereocenters. The second-order valence-corrected chi connectivity index (χ2v) is 14.5. The van der Waals surface area contributed by atoms with Gasteiger partial charge in [-0.2, -0.15) is 4.98 Å². The molecule has 12 heteroatoms. The van der Waals surface area contributed by atoms with Crippen LogP contribution in [0, 0.1) is 17.8 Å². The van der Waals surface area contributed by atoms with Crippen LogP contribution >= 0.6 is 0 Å². The Hall–Kier alpha value is -3.67. The molecule has 236 valence electrons. The summed E-state index contributed by atoms with van der Waals surface area (Å²) in [5, 5.41) is 4.42. The van der Waals surface area contributed by atoms with Crippen molar-refractivity contribution in [2.24, 2.45) is 17.8 Å². The highest BCUT2D eigenvalue weighted by Gasteiger charge is 2.34. The minimum absolute atomic E-state index is 0.0140. The molecule has 2 saturated heterocycles. The molecule has 4 heterocycles. The second-order valence-electron chi connectivity index (χ2n) is 12.2. The molecule has 1 amide bonds. The predicted octanol–water partition coefficient (Wildman–Crippen LogP) is 4.01. The number of hydrogen-bond acceptors (Lipinski definition) is 9. The quantitative estimate of drug-likeness (QED) is 0.351. The molecule has 44 heavy (non-hydrogen) atoms. The number of likely N-dealkylation sites (tertiary alicyclic amines) is 1. The van der Waals surface area contributed by atoms with Gasteiger partial charge in [-0.25, -0.2) is 13.4 Å². The number of piperidine rings is 1. The van der Waals surface area contributed by atoms with E-state index in [1.54, 1.807) is 6.20 Å². The van der Waals surface area contributed by atoms with E-state index in [0.717, 1.165) is 48.2 Å². The summed E-state index contributed by atoms with van der Waals surface area (Å²) in [6.07, 6.45) is 9.03. The van der Waals surface area contributed by atoms with Crippen LogP contribution in [0.2, 0.25) is 0 Å². The zero-order valence-corrected chi connectivity index (χ0v) is 26.0. The lowest BCUT2D eigenvalue weighted by molar-refractivity contribution is -0.152. The van der Waals surface area contributed by atoms with Gasteiger partial charge >= 0.3 is 5.97 Å². The van der Waals surface area contributed by atoms with Crippen molar-refractivity contribution in [3.05, 3.63) is 42.7 Å². The number of ether oxygens (including phenoxy) is 2. The summed E-state index contributed by atoms with van der Waals surface area (Å²) < 4.78 is 36.9. The fourth-order valence-electron chi connectivity index (χ4n) is 6.75. The fraction of sp³-hybridized carbons (Fsp3) is 0.562. The molecule has 3 aromatic rings. The number of nitrogens with zero attached hydrogens (tertiary/aromatic N) is 4. The van der Waals surface area contributed by atoms with Crippen molar-refractivity contribution < 1.29 is 27.5 Å². The molecular weight excluding hydrogens is 582 g/mol. The number of hydrogen-bond donors (Lipinski definition) is 1. The van der Waals surface area contributed by atoms with Gasteiger partial charge in [-0.1, -0.05) is 6.07 Å². The van der Waals surface area contributed by atoms with Crippen molar-refractivity contribution in [2.45, 2.75) is 57.9 Å². The molecule has 2 aromatic heterocycles. The maximum absolute atomic E-state index is 13.2. The monoisotopic (exact) mass is 623 g/mol. The van der Waals surface area contributed by atoms with Gasteiger partial charge in [-0.15, -0.1) is 0 Å². The number of aromatic nitrogens is 3. The maximum Gasteiger partial charge on any atom is 0.309 e. The van der Waals surface area contributed by atoms with E-state index >= 15 is 0 Å². The Morgan fingerprint density at radius 3 is 2.52 bits per heavy atom. The molecule has 3 aliphatic rings. The van der Waals surface area contributed by atoms with Gasteiger partial charge in [0.2, 0.25) is 11.9 Å². The summed E-state index contributed by atoms with van der Waals surface area (Å²) in [7, 11) is -2.94. The number of sulfone groups is 1. The normalized spacial score (nSPS) is 23.8. The first-order chi connectivity index (χ1) is 21.3. The van der Waals surface area contributed by atoms with Crippen molar-refractivity contribution in [2.75, 3.05) is 43.1 Å². The van der Waals surface area contributed by atoms with Gasteiger partial charge in [0.25, 0.3) is 0 Å². The number of carbonyl (C=O) groups is 2. The van der Waals surface area contributed by atoms with E-state index < -0.39 is 9.84 Å². The van der Waals surface area contributed by atoms with Crippen LogP contribution in [0.3, 0.4) is 0 Å².